The van der Waals surface area contributed by atoms with Crippen LogP contribution in [-0.2, 0) is 17.8 Å². The summed E-state index contributed by atoms with van der Waals surface area (Å²) in [7, 11) is 0. The van der Waals surface area contributed by atoms with Crippen molar-refractivity contribution in [3.63, 3.8) is 0 Å². The van der Waals surface area contributed by atoms with Gasteiger partial charge in [-0.2, -0.15) is 5.10 Å². The molecule has 116 valence electrons. The van der Waals surface area contributed by atoms with E-state index in [1.54, 1.807) is 0 Å². The summed E-state index contributed by atoms with van der Waals surface area (Å²) >= 11 is 0. The summed E-state index contributed by atoms with van der Waals surface area (Å²) in [5.41, 5.74) is 2.74. The molecule has 0 amide bonds. The Morgan fingerprint density at radius 3 is 2.71 bits per heavy atom. The van der Waals surface area contributed by atoms with E-state index in [4.69, 9.17) is 9.84 Å². The zero-order valence-corrected chi connectivity index (χ0v) is 13.1. The van der Waals surface area contributed by atoms with E-state index in [9.17, 15) is 0 Å². The first-order valence-electron chi connectivity index (χ1n) is 8.68. The van der Waals surface area contributed by atoms with Gasteiger partial charge in [-0.15, -0.1) is 0 Å². The number of aryl methyl sites for hydroxylation is 1. The zero-order chi connectivity index (χ0) is 14.2. The highest BCUT2D eigenvalue weighted by atomic mass is 16.5. The molecule has 21 heavy (non-hydrogen) atoms. The molecule has 0 saturated heterocycles. The van der Waals surface area contributed by atoms with E-state index >= 15 is 0 Å². The maximum atomic E-state index is 6.00. The first-order valence-corrected chi connectivity index (χ1v) is 8.68. The summed E-state index contributed by atoms with van der Waals surface area (Å²) in [6.07, 6.45) is 7.86. The topological polar surface area (TPSA) is 30.3 Å². The van der Waals surface area contributed by atoms with Gasteiger partial charge in [-0.25, -0.2) is 0 Å². The molecule has 1 atom stereocenters. The Hall–Kier alpha value is -0.870. The van der Waals surface area contributed by atoms with E-state index in [1.807, 2.05) is 0 Å². The summed E-state index contributed by atoms with van der Waals surface area (Å²) < 4.78 is 8.10. The lowest BCUT2D eigenvalue weighted by Crippen LogP contribution is -2.36. The normalized spacial score (nSPS) is 26.0. The SMILES string of the molecule is CCn1cc2c(n1)CN(CC1CC1)C[C@@H]2COCC1CC1. The van der Waals surface area contributed by atoms with Crippen molar-refractivity contribution in [2.45, 2.75) is 51.6 Å². The van der Waals surface area contributed by atoms with Crippen LogP contribution in [0.3, 0.4) is 0 Å². The Bertz CT molecular complexity index is 490. The van der Waals surface area contributed by atoms with Crippen LogP contribution >= 0.6 is 0 Å². The van der Waals surface area contributed by atoms with Crippen LogP contribution in [0.5, 0.6) is 0 Å². The molecule has 1 aromatic heterocycles. The standard InChI is InChI=1S/C17H27N3O/c1-2-20-9-16-15(12-21-11-14-5-6-14)8-19(7-13-3-4-13)10-17(16)18-20/h9,13-15H,2-8,10-12H2,1H3/t15-/m1/s1. The van der Waals surface area contributed by atoms with Gasteiger partial charge in [0.05, 0.1) is 12.3 Å². The van der Waals surface area contributed by atoms with Gasteiger partial charge in [-0.3, -0.25) is 9.58 Å². The third-order valence-electron chi connectivity index (χ3n) is 5.07. The van der Waals surface area contributed by atoms with Crippen molar-refractivity contribution in [2.24, 2.45) is 11.8 Å². The number of aromatic nitrogens is 2. The molecule has 4 heteroatoms. The summed E-state index contributed by atoms with van der Waals surface area (Å²) in [6, 6.07) is 0. The molecule has 0 N–H and O–H groups in total. The van der Waals surface area contributed by atoms with Crippen LogP contribution in [0, 0.1) is 11.8 Å². The maximum Gasteiger partial charge on any atom is 0.0800 e. The summed E-state index contributed by atoms with van der Waals surface area (Å²) in [4.78, 5) is 2.61. The molecule has 4 nitrogen and oxygen atoms in total. The largest absolute Gasteiger partial charge is 0.380 e. The molecule has 4 rings (SSSR count). The third kappa shape index (κ3) is 3.32. The summed E-state index contributed by atoms with van der Waals surface area (Å²) in [6.45, 7) is 8.43. The third-order valence-corrected chi connectivity index (χ3v) is 5.07. The highest BCUT2D eigenvalue weighted by Crippen LogP contribution is 2.34. The number of hydrogen-bond donors (Lipinski definition) is 0. The second-order valence-electron chi connectivity index (χ2n) is 7.20. The number of fused-ring (bicyclic) bond motifs is 1. The van der Waals surface area contributed by atoms with Crippen LogP contribution in [0.4, 0.5) is 0 Å². The van der Waals surface area contributed by atoms with Crippen LogP contribution in [0.2, 0.25) is 0 Å². The van der Waals surface area contributed by atoms with Gasteiger partial charge < -0.3 is 4.74 Å². The molecule has 0 spiro atoms. The summed E-state index contributed by atoms with van der Waals surface area (Å²) in [5.74, 6) is 2.33. The first kappa shape index (κ1) is 13.8. The second-order valence-corrected chi connectivity index (χ2v) is 7.20. The van der Waals surface area contributed by atoms with Gasteiger partial charge in [-0.05, 0) is 44.4 Å². The molecular formula is C17H27N3O. The van der Waals surface area contributed by atoms with Crippen molar-refractivity contribution in [2.75, 3.05) is 26.3 Å². The molecular weight excluding hydrogens is 262 g/mol. The minimum absolute atomic E-state index is 0.520. The van der Waals surface area contributed by atoms with Gasteiger partial charge in [0, 0.05) is 50.5 Å². The highest BCUT2D eigenvalue weighted by Gasteiger charge is 2.32. The molecule has 3 aliphatic rings. The Morgan fingerprint density at radius 2 is 2.00 bits per heavy atom. The highest BCUT2D eigenvalue weighted by molar-refractivity contribution is 5.25. The smallest absolute Gasteiger partial charge is 0.0800 e. The Kier molecular flexibility index (Phi) is 3.76. The van der Waals surface area contributed by atoms with Crippen molar-refractivity contribution in [1.29, 1.82) is 0 Å². The number of rotatable bonds is 7. The van der Waals surface area contributed by atoms with Gasteiger partial charge in [0.25, 0.3) is 0 Å². The quantitative estimate of drug-likeness (QED) is 0.773. The van der Waals surface area contributed by atoms with Gasteiger partial charge in [0.2, 0.25) is 0 Å². The van der Waals surface area contributed by atoms with Crippen molar-refractivity contribution in [3.8, 4) is 0 Å². The fourth-order valence-corrected chi connectivity index (χ4v) is 3.40. The van der Waals surface area contributed by atoms with Gasteiger partial charge in [0.15, 0.2) is 0 Å². The fourth-order valence-electron chi connectivity index (χ4n) is 3.40. The zero-order valence-electron chi connectivity index (χ0n) is 13.1. The Balaban J connectivity index is 1.44. The van der Waals surface area contributed by atoms with Crippen molar-refractivity contribution < 1.29 is 4.74 Å². The van der Waals surface area contributed by atoms with Gasteiger partial charge in [0.1, 0.15) is 0 Å². The minimum Gasteiger partial charge on any atom is -0.380 e. The van der Waals surface area contributed by atoms with Crippen LogP contribution in [-0.4, -0.2) is 41.0 Å². The van der Waals surface area contributed by atoms with Gasteiger partial charge >= 0.3 is 0 Å². The lowest BCUT2D eigenvalue weighted by Gasteiger charge is -2.32. The summed E-state index contributed by atoms with van der Waals surface area (Å²) in [5, 5.41) is 4.77. The predicted molar refractivity (Wildman–Crippen MR) is 82.2 cm³/mol. The van der Waals surface area contributed by atoms with E-state index in [1.165, 1.54) is 43.5 Å². The van der Waals surface area contributed by atoms with Gasteiger partial charge in [-0.1, -0.05) is 0 Å². The second kappa shape index (κ2) is 5.73. The number of hydrogen-bond acceptors (Lipinski definition) is 3. The van der Waals surface area contributed by atoms with Crippen LogP contribution < -0.4 is 0 Å². The van der Waals surface area contributed by atoms with Crippen molar-refractivity contribution >= 4 is 0 Å². The maximum absolute atomic E-state index is 6.00. The average molecular weight is 289 g/mol. The molecule has 0 unspecified atom stereocenters. The minimum atomic E-state index is 0.520. The van der Waals surface area contributed by atoms with E-state index in [-0.39, 0.29) is 0 Å². The molecule has 2 fully saturated rings. The fraction of sp³-hybridized carbons (Fsp3) is 0.824. The van der Waals surface area contributed by atoms with E-state index in [0.717, 1.165) is 44.7 Å². The van der Waals surface area contributed by atoms with Crippen LogP contribution in [0.25, 0.3) is 0 Å². The molecule has 0 bridgehead atoms. The molecule has 0 aromatic carbocycles. The van der Waals surface area contributed by atoms with E-state index in [0.29, 0.717) is 5.92 Å². The Morgan fingerprint density at radius 1 is 1.19 bits per heavy atom. The van der Waals surface area contributed by atoms with Crippen molar-refractivity contribution in [3.05, 3.63) is 17.5 Å². The molecule has 2 aliphatic carbocycles. The lowest BCUT2D eigenvalue weighted by atomic mass is 9.95. The lowest BCUT2D eigenvalue weighted by molar-refractivity contribution is 0.0896. The van der Waals surface area contributed by atoms with Crippen molar-refractivity contribution in [1.82, 2.24) is 14.7 Å². The predicted octanol–water partition coefficient (Wildman–Crippen LogP) is 2.64. The molecule has 0 radical (unpaired) electrons. The number of nitrogens with zero attached hydrogens (tertiary/aromatic N) is 3. The van der Waals surface area contributed by atoms with Crippen LogP contribution in [0.15, 0.2) is 6.20 Å². The Labute approximate surface area is 127 Å². The molecule has 2 saturated carbocycles. The molecule has 1 aromatic rings. The van der Waals surface area contributed by atoms with E-state index in [2.05, 4.69) is 22.7 Å². The average Bonchev–Trinajstić information content (AvgIpc) is 3.39. The van der Waals surface area contributed by atoms with E-state index < -0.39 is 0 Å². The molecule has 2 heterocycles. The van der Waals surface area contributed by atoms with Crippen LogP contribution in [0.1, 0.15) is 49.8 Å². The monoisotopic (exact) mass is 289 g/mol. The number of ether oxygens (including phenoxy) is 1. The first-order chi connectivity index (χ1) is 10.3. The molecule has 1 aliphatic heterocycles.